The lowest BCUT2D eigenvalue weighted by molar-refractivity contribution is -0.133. The summed E-state index contributed by atoms with van der Waals surface area (Å²) in [4.78, 5) is 27.0. The van der Waals surface area contributed by atoms with E-state index in [0.29, 0.717) is 24.0 Å². The molecule has 0 unspecified atom stereocenters. The minimum atomic E-state index is -4.24. The van der Waals surface area contributed by atoms with Gasteiger partial charge in [-0.2, -0.15) is 8.61 Å². The fourth-order valence-corrected chi connectivity index (χ4v) is 12.2. The number of esters is 2. The van der Waals surface area contributed by atoms with Gasteiger partial charge in [-0.05, 0) is 105 Å². The number of nitrogens with zero attached hydrogens (tertiary/aromatic N) is 2. The molecule has 2 saturated heterocycles. The number of sulfonamides is 2. The van der Waals surface area contributed by atoms with E-state index in [4.69, 9.17) is 18.9 Å². The van der Waals surface area contributed by atoms with Gasteiger partial charge < -0.3 is 18.9 Å². The Balaban J connectivity index is 1.67. The zero-order valence-electron chi connectivity index (χ0n) is 42.9. The van der Waals surface area contributed by atoms with Gasteiger partial charge in [0.25, 0.3) is 0 Å². The van der Waals surface area contributed by atoms with E-state index in [0.717, 1.165) is 22.3 Å². The Bertz CT molecular complexity index is 2570. The van der Waals surface area contributed by atoms with Gasteiger partial charge in [0, 0.05) is 36.1 Å². The normalized spacial score (nSPS) is 20.2. The van der Waals surface area contributed by atoms with E-state index in [-0.39, 0.29) is 56.5 Å². The second-order valence-electron chi connectivity index (χ2n) is 22.3. The van der Waals surface area contributed by atoms with E-state index in [1.54, 1.807) is 24.3 Å². The molecule has 0 aromatic heterocycles. The largest absolute Gasteiger partial charge is 0.426 e. The average Bonchev–Trinajstić information content (AvgIpc) is 3.88. The number of carbonyl (C=O) groups is 2. The number of benzene rings is 4. The maximum atomic E-state index is 15.0. The van der Waals surface area contributed by atoms with Gasteiger partial charge in [0.2, 0.25) is 20.0 Å². The molecule has 4 aromatic rings. The first-order valence-corrected chi connectivity index (χ1v) is 26.5. The van der Waals surface area contributed by atoms with Crippen molar-refractivity contribution in [2.75, 3.05) is 13.2 Å². The Labute approximate surface area is 405 Å². The van der Waals surface area contributed by atoms with Crippen molar-refractivity contribution in [3.8, 4) is 22.6 Å². The van der Waals surface area contributed by atoms with Gasteiger partial charge in [0.1, 0.15) is 11.5 Å². The van der Waals surface area contributed by atoms with E-state index in [2.05, 4.69) is 41.5 Å². The third-order valence-electron chi connectivity index (χ3n) is 12.9. The molecule has 0 radical (unpaired) electrons. The first-order valence-electron chi connectivity index (χ1n) is 23.6. The molecule has 0 N–H and O–H groups in total. The van der Waals surface area contributed by atoms with Gasteiger partial charge in [0.15, 0.2) is 12.5 Å². The topological polar surface area (TPSA) is 146 Å². The molecule has 4 aromatic carbocycles. The second-order valence-corrected chi connectivity index (χ2v) is 26.0. The van der Waals surface area contributed by atoms with E-state index in [1.165, 1.54) is 22.5 Å². The Morgan fingerprint density at radius 2 is 0.809 bits per heavy atom. The molecule has 0 amide bonds. The molecule has 14 heteroatoms. The molecule has 0 bridgehead atoms. The highest BCUT2D eigenvalue weighted by atomic mass is 32.2. The van der Waals surface area contributed by atoms with Gasteiger partial charge in [-0.1, -0.05) is 121 Å². The smallest absolute Gasteiger partial charge is 0.308 e. The molecular weight excluding hydrogens is 901 g/mol. The molecule has 4 atom stereocenters. The minimum absolute atomic E-state index is 0.00290. The Kier molecular flexibility index (Phi) is 14.8. The monoisotopic (exact) mass is 972 g/mol. The van der Waals surface area contributed by atoms with Crippen LogP contribution in [-0.2, 0) is 60.8 Å². The second kappa shape index (κ2) is 19.0. The average molecular weight is 973 g/mol. The Morgan fingerprint density at radius 1 is 0.515 bits per heavy atom. The third-order valence-corrected chi connectivity index (χ3v) is 16.7. The maximum Gasteiger partial charge on any atom is 0.308 e. The van der Waals surface area contributed by atoms with Crippen LogP contribution in [-0.4, -0.2) is 62.7 Å². The SMILES string of the molecule is CC[C@H]1CO[C@@H](c2cc(C(C)(C)C)cc(-c3cc(C(C)(C)C)cc([C@@H]4OC[C@H](CC)N4S(=O)(=O)c4ccc(C(C)(C)C)cc4)c3OC(C)=O)c2OC(C)=O)N1S(=O)(=O)c1ccc(C(C)(C)C)cc1. The van der Waals surface area contributed by atoms with Gasteiger partial charge in [0.05, 0.1) is 35.1 Å². The van der Waals surface area contributed by atoms with E-state index in [1.807, 2.05) is 104 Å². The van der Waals surface area contributed by atoms with Crippen molar-refractivity contribution in [1.82, 2.24) is 8.61 Å². The molecule has 6 rings (SSSR count). The minimum Gasteiger partial charge on any atom is -0.426 e. The third kappa shape index (κ3) is 10.7. The van der Waals surface area contributed by atoms with Crippen LogP contribution in [0.3, 0.4) is 0 Å². The van der Waals surface area contributed by atoms with Crippen LogP contribution in [0.15, 0.2) is 82.6 Å². The molecule has 370 valence electrons. The van der Waals surface area contributed by atoms with Crippen LogP contribution in [0, 0.1) is 0 Å². The Morgan fingerprint density at radius 3 is 1.06 bits per heavy atom. The van der Waals surface area contributed by atoms with E-state index < -0.39 is 67.4 Å². The van der Waals surface area contributed by atoms with Crippen LogP contribution < -0.4 is 9.47 Å². The van der Waals surface area contributed by atoms with Gasteiger partial charge in [-0.3, -0.25) is 9.59 Å². The summed E-state index contributed by atoms with van der Waals surface area (Å²) in [5.74, 6) is -1.37. The lowest BCUT2D eigenvalue weighted by Crippen LogP contribution is -2.38. The van der Waals surface area contributed by atoms with Crippen molar-refractivity contribution in [3.63, 3.8) is 0 Å². The van der Waals surface area contributed by atoms with Crippen molar-refractivity contribution in [1.29, 1.82) is 0 Å². The van der Waals surface area contributed by atoms with Gasteiger partial charge >= 0.3 is 11.9 Å². The first kappa shape index (κ1) is 52.9. The lowest BCUT2D eigenvalue weighted by Gasteiger charge is -2.32. The van der Waals surface area contributed by atoms with E-state index in [9.17, 15) is 26.4 Å². The highest BCUT2D eigenvalue weighted by Crippen LogP contribution is 2.52. The number of hydrogen-bond acceptors (Lipinski definition) is 10. The van der Waals surface area contributed by atoms with Crippen molar-refractivity contribution >= 4 is 32.0 Å². The summed E-state index contributed by atoms with van der Waals surface area (Å²) in [6, 6.07) is 20.0. The van der Waals surface area contributed by atoms with Crippen molar-refractivity contribution in [2.24, 2.45) is 0 Å². The summed E-state index contributed by atoms with van der Waals surface area (Å²) < 4.78 is 88.2. The first-order chi connectivity index (χ1) is 31.3. The van der Waals surface area contributed by atoms with Crippen molar-refractivity contribution < 1.29 is 45.4 Å². The molecule has 0 aliphatic carbocycles. The van der Waals surface area contributed by atoms with Crippen LogP contribution >= 0.6 is 0 Å². The summed E-state index contributed by atoms with van der Waals surface area (Å²) in [5, 5.41) is 0. The maximum absolute atomic E-state index is 15.0. The van der Waals surface area contributed by atoms with Crippen molar-refractivity contribution in [3.05, 3.63) is 106 Å². The molecule has 2 fully saturated rings. The number of ether oxygens (including phenoxy) is 4. The number of rotatable bonds is 11. The van der Waals surface area contributed by atoms with E-state index >= 15 is 0 Å². The van der Waals surface area contributed by atoms with Crippen LogP contribution in [0.2, 0.25) is 0 Å². The molecule has 2 aliphatic rings. The fraction of sp³-hybridized carbons (Fsp3) is 0.519. The lowest BCUT2D eigenvalue weighted by atomic mass is 9.80. The predicted octanol–water partition coefficient (Wildman–Crippen LogP) is 11.4. The molecule has 0 spiro atoms. The van der Waals surface area contributed by atoms with Gasteiger partial charge in [-0.25, -0.2) is 16.8 Å². The van der Waals surface area contributed by atoms with Crippen LogP contribution in [0.4, 0.5) is 0 Å². The number of carbonyl (C=O) groups excluding carboxylic acids is 2. The molecule has 12 nitrogen and oxygen atoms in total. The summed E-state index contributed by atoms with van der Waals surface area (Å²) in [5.41, 5.74) is 3.00. The summed E-state index contributed by atoms with van der Waals surface area (Å²) in [7, 11) is -8.48. The van der Waals surface area contributed by atoms with Crippen LogP contribution in [0.1, 0.15) is 169 Å². The van der Waals surface area contributed by atoms with Crippen LogP contribution in [0.5, 0.6) is 11.5 Å². The summed E-state index contributed by atoms with van der Waals surface area (Å²) in [6.45, 7) is 30.9. The van der Waals surface area contributed by atoms with Crippen molar-refractivity contribution in [2.45, 2.75) is 180 Å². The Hall–Kier alpha value is -4.44. The molecule has 68 heavy (non-hydrogen) atoms. The molecule has 2 aliphatic heterocycles. The standard InChI is InChI=1S/C54H72N2O10S2/c1-17-39-31-63-49(55(39)67(59,60)41-23-19-35(20-24-41)51(5,6)7)45-29-37(53(11,12)13)27-43(47(45)65-33(3)57)44-28-38(54(14,15)16)30-46(48(44)66-34(4)58)50-56(40(18-2)32-64-50)68(61,62)42-25-21-36(22-26-42)52(8,9)10/h19-30,39-40,49-50H,17-18,31-32H2,1-16H3/t39-,40-,49-,50-/m0/s1. The van der Waals surface area contributed by atoms with Crippen LogP contribution in [0.25, 0.3) is 11.1 Å². The highest BCUT2D eigenvalue weighted by molar-refractivity contribution is 7.89. The molecular formula is C54H72N2O10S2. The summed E-state index contributed by atoms with van der Waals surface area (Å²) in [6.07, 6.45) is -1.64. The zero-order chi connectivity index (χ0) is 50.7. The highest BCUT2D eigenvalue weighted by Gasteiger charge is 2.48. The fourth-order valence-electron chi connectivity index (χ4n) is 8.72. The quantitative estimate of drug-likeness (QED) is 0.105. The zero-order valence-corrected chi connectivity index (χ0v) is 44.5. The van der Waals surface area contributed by atoms with Gasteiger partial charge in [-0.15, -0.1) is 0 Å². The molecule has 2 heterocycles. The molecule has 0 saturated carbocycles. The summed E-state index contributed by atoms with van der Waals surface area (Å²) >= 11 is 0. The predicted molar refractivity (Wildman–Crippen MR) is 266 cm³/mol. The number of hydrogen-bond donors (Lipinski definition) is 0.